The zero-order chi connectivity index (χ0) is 14.0. The highest BCUT2D eigenvalue weighted by atomic mass is 32.1. The van der Waals surface area contributed by atoms with Gasteiger partial charge in [-0.1, -0.05) is 0 Å². The van der Waals surface area contributed by atoms with E-state index in [4.69, 9.17) is 5.73 Å². The number of fused-ring (bicyclic) bond motifs is 1. The molecule has 6 nitrogen and oxygen atoms in total. The third-order valence-electron chi connectivity index (χ3n) is 2.70. The second-order valence-electron chi connectivity index (χ2n) is 4.55. The molecule has 0 bridgehead atoms. The molecule has 2 unspecified atom stereocenters. The molecule has 0 aromatic carbocycles. The van der Waals surface area contributed by atoms with E-state index in [1.54, 1.807) is 19.2 Å². The number of nitrogens with two attached hydrogens (primary N) is 1. The summed E-state index contributed by atoms with van der Waals surface area (Å²) in [5.74, 6) is -0.242. The summed E-state index contributed by atoms with van der Waals surface area (Å²) in [6.45, 7) is 3.53. The smallest absolute Gasteiger partial charge is 0.263 e. The van der Waals surface area contributed by atoms with Crippen molar-refractivity contribution in [1.82, 2.24) is 15.5 Å². The number of nitrogens with one attached hydrogen (secondary N) is 1. The SMILES string of the molecule is CC(O)CC(C)NC(=O)c1sc2nnccc2c1N. The number of hydrogen-bond acceptors (Lipinski definition) is 6. The van der Waals surface area contributed by atoms with Crippen LogP contribution in [0.3, 0.4) is 0 Å². The van der Waals surface area contributed by atoms with Crippen LogP contribution < -0.4 is 11.1 Å². The summed E-state index contributed by atoms with van der Waals surface area (Å²) in [6.07, 6.45) is 1.58. The van der Waals surface area contributed by atoms with Crippen molar-refractivity contribution < 1.29 is 9.90 Å². The number of hydrogen-bond donors (Lipinski definition) is 3. The Morgan fingerprint density at radius 2 is 2.32 bits per heavy atom. The van der Waals surface area contributed by atoms with E-state index < -0.39 is 6.10 Å². The molecule has 4 N–H and O–H groups in total. The first-order chi connectivity index (χ1) is 8.99. The third kappa shape index (κ3) is 2.99. The number of aliphatic hydroxyl groups excluding tert-OH is 1. The predicted octanol–water partition coefficient (Wildman–Crippen LogP) is 1.16. The highest BCUT2D eigenvalue weighted by Gasteiger charge is 2.19. The molecule has 0 aliphatic carbocycles. The van der Waals surface area contributed by atoms with Gasteiger partial charge in [0.2, 0.25) is 0 Å². The van der Waals surface area contributed by atoms with E-state index in [0.717, 1.165) is 5.39 Å². The average Bonchev–Trinajstić information content (AvgIpc) is 2.66. The largest absolute Gasteiger partial charge is 0.397 e. The molecule has 0 spiro atoms. The molecule has 1 amide bonds. The summed E-state index contributed by atoms with van der Waals surface area (Å²) in [5, 5.41) is 20.5. The Labute approximate surface area is 114 Å². The number of carbonyl (C=O) groups is 1. The summed E-state index contributed by atoms with van der Waals surface area (Å²) in [5.41, 5.74) is 6.38. The average molecular weight is 280 g/mol. The van der Waals surface area contributed by atoms with E-state index in [1.807, 2.05) is 6.92 Å². The van der Waals surface area contributed by atoms with E-state index in [2.05, 4.69) is 15.5 Å². The molecule has 0 saturated carbocycles. The number of aromatic nitrogens is 2. The Bertz CT molecular complexity index is 596. The third-order valence-corrected chi connectivity index (χ3v) is 3.80. The predicted molar refractivity (Wildman–Crippen MR) is 75.1 cm³/mol. The van der Waals surface area contributed by atoms with Gasteiger partial charge in [0.15, 0.2) is 0 Å². The van der Waals surface area contributed by atoms with Gasteiger partial charge in [-0.15, -0.1) is 16.4 Å². The van der Waals surface area contributed by atoms with Gasteiger partial charge in [-0.05, 0) is 26.3 Å². The monoisotopic (exact) mass is 280 g/mol. The van der Waals surface area contributed by atoms with Crippen LogP contribution in [0.1, 0.15) is 29.9 Å². The van der Waals surface area contributed by atoms with Crippen molar-refractivity contribution in [1.29, 1.82) is 0 Å². The molecule has 0 aliphatic rings. The van der Waals surface area contributed by atoms with E-state index >= 15 is 0 Å². The van der Waals surface area contributed by atoms with Crippen molar-refractivity contribution in [3.8, 4) is 0 Å². The van der Waals surface area contributed by atoms with Crippen molar-refractivity contribution in [3.05, 3.63) is 17.1 Å². The van der Waals surface area contributed by atoms with Crippen LogP contribution in [0.25, 0.3) is 10.2 Å². The lowest BCUT2D eigenvalue weighted by Crippen LogP contribution is -2.34. The van der Waals surface area contributed by atoms with Crippen LogP contribution in [0, 0.1) is 0 Å². The fourth-order valence-corrected chi connectivity index (χ4v) is 2.84. The van der Waals surface area contributed by atoms with Gasteiger partial charge in [-0.2, -0.15) is 5.10 Å². The molecule has 2 atom stereocenters. The fourth-order valence-electron chi connectivity index (χ4n) is 1.90. The van der Waals surface area contributed by atoms with E-state index in [9.17, 15) is 9.90 Å². The van der Waals surface area contributed by atoms with Gasteiger partial charge < -0.3 is 16.2 Å². The molecule has 2 aromatic heterocycles. The van der Waals surface area contributed by atoms with Gasteiger partial charge >= 0.3 is 0 Å². The molecule has 2 rings (SSSR count). The summed E-state index contributed by atoms with van der Waals surface area (Å²) in [7, 11) is 0. The summed E-state index contributed by atoms with van der Waals surface area (Å²) >= 11 is 1.22. The van der Waals surface area contributed by atoms with Gasteiger partial charge in [-0.25, -0.2) is 0 Å². The first-order valence-electron chi connectivity index (χ1n) is 5.97. The summed E-state index contributed by atoms with van der Waals surface area (Å²) in [6, 6.07) is 1.62. The van der Waals surface area contributed by atoms with Crippen LogP contribution in [-0.2, 0) is 0 Å². The number of aliphatic hydroxyl groups is 1. The molecule has 7 heteroatoms. The topological polar surface area (TPSA) is 101 Å². The molecule has 2 aromatic rings. The molecule has 0 radical (unpaired) electrons. The molecular formula is C12H16N4O2S. The van der Waals surface area contributed by atoms with Gasteiger partial charge in [-0.3, -0.25) is 4.79 Å². The lowest BCUT2D eigenvalue weighted by atomic mass is 10.1. The Balaban J connectivity index is 2.20. The number of rotatable bonds is 4. The number of nitrogen functional groups attached to an aromatic ring is 1. The van der Waals surface area contributed by atoms with Crippen LogP contribution in [0.15, 0.2) is 12.3 Å². The lowest BCUT2D eigenvalue weighted by Gasteiger charge is -2.14. The molecule has 0 saturated heterocycles. The van der Waals surface area contributed by atoms with E-state index in [1.165, 1.54) is 11.3 Å². The molecule has 2 heterocycles. The van der Waals surface area contributed by atoms with Gasteiger partial charge in [0, 0.05) is 11.4 Å². The minimum Gasteiger partial charge on any atom is -0.397 e. The standard InChI is InChI=1S/C12H16N4O2S/c1-6(5-7(2)17)15-11(18)10-9(13)8-3-4-14-16-12(8)19-10/h3-4,6-7,17H,5,13H2,1-2H3,(H,15,18). The van der Waals surface area contributed by atoms with Gasteiger partial charge in [0.05, 0.1) is 18.0 Å². The highest BCUT2D eigenvalue weighted by Crippen LogP contribution is 2.31. The molecular weight excluding hydrogens is 264 g/mol. The van der Waals surface area contributed by atoms with Crippen LogP contribution >= 0.6 is 11.3 Å². The fraction of sp³-hybridized carbons (Fsp3) is 0.417. The Morgan fingerprint density at radius 1 is 1.58 bits per heavy atom. The number of amides is 1. The molecule has 102 valence electrons. The normalized spacial score (nSPS) is 14.3. The second-order valence-corrected chi connectivity index (χ2v) is 5.55. The highest BCUT2D eigenvalue weighted by molar-refractivity contribution is 7.21. The number of anilines is 1. The number of nitrogens with zero attached hydrogens (tertiary/aromatic N) is 2. The van der Waals surface area contributed by atoms with Crippen molar-refractivity contribution in [2.75, 3.05) is 5.73 Å². The summed E-state index contributed by atoms with van der Waals surface area (Å²) < 4.78 is 0. The van der Waals surface area contributed by atoms with Crippen LogP contribution in [0.5, 0.6) is 0 Å². The zero-order valence-corrected chi connectivity index (χ0v) is 11.6. The minimum atomic E-state index is -0.457. The van der Waals surface area contributed by atoms with E-state index in [-0.39, 0.29) is 11.9 Å². The van der Waals surface area contributed by atoms with Crippen LogP contribution in [0.2, 0.25) is 0 Å². The minimum absolute atomic E-state index is 0.122. The maximum Gasteiger partial charge on any atom is 0.263 e. The van der Waals surface area contributed by atoms with Crippen LogP contribution in [0.4, 0.5) is 5.69 Å². The zero-order valence-electron chi connectivity index (χ0n) is 10.8. The summed E-state index contributed by atoms with van der Waals surface area (Å²) in [4.78, 5) is 13.2. The quantitative estimate of drug-likeness (QED) is 0.780. The first kappa shape index (κ1) is 13.7. The first-order valence-corrected chi connectivity index (χ1v) is 6.79. The Morgan fingerprint density at radius 3 is 2.95 bits per heavy atom. The maximum atomic E-state index is 12.1. The van der Waals surface area contributed by atoms with Crippen molar-refractivity contribution >= 4 is 33.1 Å². The van der Waals surface area contributed by atoms with Crippen molar-refractivity contribution in [2.24, 2.45) is 0 Å². The lowest BCUT2D eigenvalue weighted by molar-refractivity contribution is 0.0928. The van der Waals surface area contributed by atoms with Gasteiger partial charge in [0.1, 0.15) is 9.71 Å². The van der Waals surface area contributed by atoms with E-state index in [0.29, 0.717) is 21.8 Å². The molecule has 0 fully saturated rings. The Kier molecular flexibility index (Phi) is 3.96. The van der Waals surface area contributed by atoms with Crippen LogP contribution in [-0.4, -0.2) is 33.4 Å². The Hall–Kier alpha value is -1.73. The van der Waals surface area contributed by atoms with Gasteiger partial charge in [0.25, 0.3) is 5.91 Å². The molecule has 0 aliphatic heterocycles. The van der Waals surface area contributed by atoms with Crippen molar-refractivity contribution in [2.45, 2.75) is 32.4 Å². The number of carbonyl (C=O) groups excluding carboxylic acids is 1. The second kappa shape index (κ2) is 5.50. The number of thiophene rings is 1. The maximum absolute atomic E-state index is 12.1. The molecule has 19 heavy (non-hydrogen) atoms. The van der Waals surface area contributed by atoms with Crippen molar-refractivity contribution in [3.63, 3.8) is 0 Å².